The summed E-state index contributed by atoms with van der Waals surface area (Å²) < 4.78 is 0. The Labute approximate surface area is 166 Å². The van der Waals surface area contributed by atoms with E-state index in [0.29, 0.717) is 17.8 Å². The molecule has 2 fully saturated rings. The highest BCUT2D eigenvalue weighted by molar-refractivity contribution is 5.97. The standard InChI is InChI=1S/C21H30N4O3/c1-16(21(28)22-19-7-5-18(6-8-19)17(2)26)24-13-11-23(12-14-24)15-20(27)25-9-3-4-10-25/h5-8,16H,3-4,9-15H2,1-2H3,(H,22,28). The summed E-state index contributed by atoms with van der Waals surface area (Å²) >= 11 is 0. The van der Waals surface area contributed by atoms with Crippen molar-refractivity contribution < 1.29 is 14.4 Å². The van der Waals surface area contributed by atoms with Gasteiger partial charge in [-0.15, -0.1) is 0 Å². The van der Waals surface area contributed by atoms with Gasteiger partial charge in [-0.3, -0.25) is 24.2 Å². The Morgan fingerprint density at radius 2 is 1.57 bits per heavy atom. The van der Waals surface area contributed by atoms with Crippen LogP contribution < -0.4 is 5.32 Å². The first kappa shape index (κ1) is 20.5. The summed E-state index contributed by atoms with van der Waals surface area (Å²) in [4.78, 5) is 42.5. The number of likely N-dealkylation sites (tertiary alicyclic amines) is 1. The van der Waals surface area contributed by atoms with Gasteiger partial charge in [0.2, 0.25) is 11.8 Å². The second-order valence-corrected chi connectivity index (χ2v) is 7.70. The van der Waals surface area contributed by atoms with Gasteiger partial charge in [0.05, 0.1) is 12.6 Å². The molecule has 1 atom stereocenters. The van der Waals surface area contributed by atoms with E-state index in [9.17, 15) is 14.4 Å². The average Bonchev–Trinajstić information content (AvgIpc) is 3.23. The van der Waals surface area contributed by atoms with Crippen molar-refractivity contribution in [2.45, 2.75) is 32.7 Å². The fourth-order valence-corrected chi connectivity index (χ4v) is 3.77. The smallest absolute Gasteiger partial charge is 0.241 e. The maximum absolute atomic E-state index is 12.6. The third kappa shape index (κ3) is 5.17. The molecule has 0 aromatic heterocycles. The predicted octanol–water partition coefficient (Wildman–Crippen LogP) is 1.46. The maximum Gasteiger partial charge on any atom is 0.241 e. The van der Waals surface area contributed by atoms with E-state index < -0.39 is 0 Å². The molecule has 7 nitrogen and oxygen atoms in total. The van der Waals surface area contributed by atoms with Crippen LogP contribution in [0.15, 0.2) is 24.3 Å². The number of nitrogens with zero attached hydrogens (tertiary/aromatic N) is 3. The van der Waals surface area contributed by atoms with Crippen molar-refractivity contribution in [3.05, 3.63) is 29.8 Å². The first-order valence-electron chi connectivity index (χ1n) is 10.1. The Bertz CT molecular complexity index is 705. The molecule has 1 N–H and O–H groups in total. The molecule has 1 unspecified atom stereocenters. The third-order valence-corrected chi connectivity index (χ3v) is 5.71. The van der Waals surface area contributed by atoms with Crippen LogP contribution in [0.3, 0.4) is 0 Å². The van der Waals surface area contributed by atoms with Crippen LogP contribution in [-0.4, -0.2) is 84.2 Å². The summed E-state index contributed by atoms with van der Waals surface area (Å²) in [5.41, 5.74) is 1.32. The van der Waals surface area contributed by atoms with E-state index in [2.05, 4.69) is 15.1 Å². The molecule has 0 aliphatic carbocycles. The number of rotatable bonds is 6. The number of ketones is 1. The van der Waals surface area contributed by atoms with Gasteiger partial charge in [-0.25, -0.2) is 0 Å². The van der Waals surface area contributed by atoms with Gasteiger partial charge in [0.1, 0.15) is 0 Å². The van der Waals surface area contributed by atoms with Crippen molar-refractivity contribution in [1.82, 2.24) is 14.7 Å². The number of hydrogen-bond donors (Lipinski definition) is 1. The number of benzene rings is 1. The van der Waals surface area contributed by atoms with Crippen LogP contribution in [0.2, 0.25) is 0 Å². The van der Waals surface area contributed by atoms with Crippen LogP contribution in [0, 0.1) is 0 Å². The molecule has 0 radical (unpaired) electrons. The van der Waals surface area contributed by atoms with Crippen LogP contribution in [0.5, 0.6) is 0 Å². The van der Waals surface area contributed by atoms with Gasteiger partial charge in [0.15, 0.2) is 5.78 Å². The lowest BCUT2D eigenvalue weighted by atomic mass is 10.1. The number of anilines is 1. The lowest BCUT2D eigenvalue weighted by molar-refractivity contribution is -0.132. The number of amides is 2. The fourth-order valence-electron chi connectivity index (χ4n) is 3.77. The molecular formula is C21H30N4O3. The minimum Gasteiger partial charge on any atom is -0.342 e. The summed E-state index contributed by atoms with van der Waals surface area (Å²) in [6.07, 6.45) is 2.23. The van der Waals surface area contributed by atoms with Gasteiger partial charge in [0, 0.05) is 50.5 Å². The number of carbonyl (C=O) groups is 3. The first-order chi connectivity index (χ1) is 13.4. The summed E-state index contributed by atoms with van der Waals surface area (Å²) in [6.45, 7) is 8.83. The third-order valence-electron chi connectivity index (χ3n) is 5.71. The molecule has 0 saturated carbocycles. The quantitative estimate of drug-likeness (QED) is 0.750. The Morgan fingerprint density at radius 3 is 2.14 bits per heavy atom. The van der Waals surface area contributed by atoms with Crippen molar-refractivity contribution in [2.75, 3.05) is 51.1 Å². The Kier molecular flexibility index (Phi) is 6.80. The normalized spacial score (nSPS) is 19.4. The molecule has 28 heavy (non-hydrogen) atoms. The van der Waals surface area contributed by atoms with Crippen LogP contribution in [0.1, 0.15) is 37.0 Å². The second kappa shape index (κ2) is 9.30. The van der Waals surface area contributed by atoms with Gasteiger partial charge in [-0.2, -0.15) is 0 Å². The lowest BCUT2D eigenvalue weighted by Crippen LogP contribution is -2.54. The molecule has 2 saturated heterocycles. The van der Waals surface area contributed by atoms with Crippen LogP contribution >= 0.6 is 0 Å². The average molecular weight is 386 g/mol. The van der Waals surface area contributed by atoms with Gasteiger partial charge < -0.3 is 10.2 Å². The summed E-state index contributed by atoms with van der Waals surface area (Å²) in [5.74, 6) is 0.176. The van der Waals surface area contributed by atoms with Gasteiger partial charge >= 0.3 is 0 Å². The van der Waals surface area contributed by atoms with Crippen LogP contribution in [0.4, 0.5) is 5.69 Å². The predicted molar refractivity (Wildman–Crippen MR) is 108 cm³/mol. The zero-order valence-corrected chi connectivity index (χ0v) is 16.8. The van der Waals surface area contributed by atoms with E-state index in [1.807, 2.05) is 11.8 Å². The topological polar surface area (TPSA) is 73.0 Å². The molecule has 0 bridgehead atoms. The van der Waals surface area contributed by atoms with E-state index in [1.54, 1.807) is 24.3 Å². The van der Waals surface area contributed by atoms with Crippen molar-refractivity contribution in [1.29, 1.82) is 0 Å². The highest BCUT2D eigenvalue weighted by Crippen LogP contribution is 2.14. The minimum absolute atomic E-state index is 0.00679. The number of carbonyl (C=O) groups excluding carboxylic acids is 3. The highest BCUT2D eigenvalue weighted by Gasteiger charge is 2.27. The van der Waals surface area contributed by atoms with Crippen molar-refractivity contribution in [3.63, 3.8) is 0 Å². The Hall–Kier alpha value is -2.25. The SMILES string of the molecule is CC(=O)c1ccc(NC(=O)C(C)N2CCN(CC(=O)N3CCCC3)CC2)cc1. The molecule has 2 heterocycles. The number of nitrogens with one attached hydrogen (secondary N) is 1. The number of Topliss-reactive ketones (excluding diaryl/α,β-unsaturated/α-hetero) is 1. The zero-order valence-electron chi connectivity index (χ0n) is 16.8. The van der Waals surface area contributed by atoms with E-state index in [0.717, 1.165) is 52.1 Å². The molecule has 3 rings (SSSR count). The molecule has 1 aromatic rings. The fraction of sp³-hybridized carbons (Fsp3) is 0.571. The molecule has 0 spiro atoms. The minimum atomic E-state index is -0.246. The van der Waals surface area contributed by atoms with E-state index in [-0.39, 0.29) is 23.6 Å². The molecule has 152 valence electrons. The first-order valence-corrected chi connectivity index (χ1v) is 10.1. The zero-order chi connectivity index (χ0) is 20.1. The molecule has 7 heteroatoms. The number of piperazine rings is 1. The monoisotopic (exact) mass is 386 g/mol. The number of hydrogen-bond acceptors (Lipinski definition) is 5. The lowest BCUT2D eigenvalue weighted by Gasteiger charge is -2.37. The molecule has 2 amide bonds. The van der Waals surface area contributed by atoms with Gasteiger partial charge in [-0.05, 0) is 51.0 Å². The van der Waals surface area contributed by atoms with E-state index in [1.165, 1.54) is 6.92 Å². The molecule has 1 aromatic carbocycles. The summed E-state index contributed by atoms with van der Waals surface area (Å²) in [5, 5.41) is 2.92. The maximum atomic E-state index is 12.6. The molecule has 2 aliphatic heterocycles. The van der Waals surface area contributed by atoms with Crippen molar-refractivity contribution >= 4 is 23.3 Å². The highest BCUT2D eigenvalue weighted by atomic mass is 16.2. The van der Waals surface area contributed by atoms with E-state index in [4.69, 9.17) is 0 Å². The van der Waals surface area contributed by atoms with Crippen LogP contribution in [-0.2, 0) is 9.59 Å². The van der Waals surface area contributed by atoms with E-state index >= 15 is 0 Å². The van der Waals surface area contributed by atoms with Gasteiger partial charge in [-0.1, -0.05) is 0 Å². The largest absolute Gasteiger partial charge is 0.342 e. The summed E-state index contributed by atoms with van der Waals surface area (Å²) in [6, 6.07) is 6.70. The van der Waals surface area contributed by atoms with Crippen molar-refractivity contribution in [2.24, 2.45) is 0 Å². The Balaban J connectivity index is 1.44. The van der Waals surface area contributed by atoms with Crippen LogP contribution in [0.25, 0.3) is 0 Å². The molecule has 2 aliphatic rings. The van der Waals surface area contributed by atoms with Crippen molar-refractivity contribution in [3.8, 4) is 0 Å². The summed E-state index contributed by atoms with van der Waals surface area (Å²) in [7, 11) is 0. The Morgan fingerprint density at radius 1 is 0.964 bits per heavy atom. The molecular weight excluding hydrogens is 356 g/mol. The second-order valence-electron chi connectivity index (χ2n) is 7.70. The van der Waals surface area contributed by atoms with Gasteiger partial charge in [0.25, 0.3) is 0 Å².